The predicted molar refractivity (Wildman–Crippen MR) is 103 cm³/mol. The maximum atomic E-state index is 13.7. The van der Waals surface area contributed by atoms with Gasteiger partial charge in [-0.1, -0.05) is 33.6 Å². The van der Waals surface area contributed by atoms with Crippen LogP contribution in [0.3, 0.4) is 0 Å². The normalized spacial score (nSPS) is 10.9. The van der Waals surface area contributed by atoms with Crippen LogP contribution in [0, 0.1) is 25.5 Å². The van der Waals surface area contributed by atoms with Gasteiger partial charge in [-0.3, -0.25) is 14.3 Å². The Morgan fingerprint density at radius 1 is 1.22 bits per heavy atom. The molecule has 0 saturated carbocycles. The van der Waals surface area contributed by atoms with Crippen molar-refractivity contribution in [1.29, 1.82) is 0 Å². The van der Waals surface area contributed by atoms with Gasteiger partial charge < -0.3 is 4.74 Å². The fourth-order valence-corrected chi connectivity index (χ4v) is 3.15. The third kappa shape index (κ3) is 4.04. The molecule has 140 valence electrons. The van der Waals surface area contributed by atoms with E-state index in [1.54, 1.807) is 13.0 Å². The van der Waals surface area contributed by atoms with E-state index in [1.807, 2.05) is 25.1 Å². The van der Waals surface area contributed by atoms with Gasteiger partial charge in [-0.25, -0.2) is 8.78 Å². The molecule has 1 aromatic carbocycles. The second-order valence-electron chi connectivity index (χ2n) is 5.91. The minimum absolute atomic E-state index is 0.0860. The third-order valence-corrected chi connectivity index (χ3v) is 4.80. The van der Waals surface area contributed by atoms with Gasteiger partial charge in [-0.15, -0.1) is 0 Å². The zero-order valence-electron chi connectivity index (χ0n) is 14.4. The summed E-state index contributed by atoms with van der Waals surface area (Å²) in [5.74, 6) is -1.51. The van der Waals surface area contributed by atoms with E-state index in [9.17, 15) is 13.6 Å². The SMILES string of the molecule is Cc1ccc(Br)cc1-n1c(C)cc(OCc2ncc(F)cc2F)c(Cl)c1=O. The highest BCUT2D eigenvalue weighted by Crippen LogP contribution is 2.26. The Bertz CT molecular complexity index is 1090. The van der Waals surface area contributed by atoms with Gasteiger partial charge in [0.2, 0.25) is 0 Å². The Morgan fingerprint density at radius 3 is 2.67 bits per heavy atom. The Kier molecular flexibility index (Phi) is 5.62. The summed E-state index contributed by atoms with van der Waals surface area (Å²) < 4.78 is 34.4. The van der Waals surface area contributed by atoms with Crippen LogP contribution in [0.2, 0.25) is 5.02 Å². The summed E-state index contributed by atoms with van der Waals surface area (Å²) in [5.41, 5.74) is 1.63. The lowest BCUT2D eigenvalue weighted by molar-refractivity contribution is 0.292. The van der Waals surface area contributed by atoms with E-state index in [-0.39, 0.29) is 23.1 Å². The van der Waals surface area contributed by atoms with E-state index in [0.29, 0.717) is 17.4 Å². The van der Waals surface area contributed by atoms with Crippen molar-refractivity contribution >= 4 is 27.5 Å². The van der Waals surface area contributed by atoms with Crippen LogP contribution in [0.15, 0.2) is 45.8 Å². The van der Waals surface area contributed by atoms with Gasteiger partial charge in [0.25, 0.3) is 5.56 Å². The molecule has 0 unspecified atom stereocenters. The summed E-state index contributed by atoms with van der Waals surface area (Å²) in [4.78, 5) is 16.4. The van der Waals surface area contributed by atoms with Crippen LogP contribution in [0.1, 0.15) is 17.0 Å². The zero-order valence-corrected chi connectivity index (χ0v) is 16.7. The molecule has 0 amide bonds. The summed E-state index contributed by atoms with van der Waals surface area (Å²) in [6, 6.07) is 7.88. The maximum absolute atomic E-state index is 13.7. The average Bonchev–Trinajstić information content (AvgIpc) is 2.61. The van der Waals surface area contributed by atoms with E-state index in [0.717, 1.165) is 16.2 Å². The van der Waals surface area contributed by atoms with Gasteiger partial charge in [-0.2, -0.15) is 0 Å². The molecular weight excluding hydrogens is 442 g/mol. The fraction of sp³-hybridized carbons (Fsp3) is 0.158. The third-order valence-electron chi connectivity index (χ3n) is 3.96. The molecule has 0 aliphatic rings. The van der Waals surface area contributed by atoms with E-state index in [1.165, 1.54) is 4.57 Å². The van der Waals surface area contributed by atoms with Crippen molar-refractivity contribution in [2.24, 2.45) is 0 Å². The van der Waals surface area contributed by atoms with Crippen molar-refractivity contribution in [3.63, 3.8) is 0 Å². The minimum Gasteiger partial charge on any atom is -0.485 e. The highest BCUT2D eigenvalue weighted by Gasteiger charge is 2.16. The van der Waals surface area contributed by atoms with Crippen molar-refractivity contribution < 1.29 is 13.5 Å². The van der Waals surface area contributed by atoms with Crippen molar-refractivity contribution in [1.82, 2.24) is 9.55 Å². The van der Waals surface area contributed by atoms with E-state index in [2.05, 4.69) is 20.9 Å². The lowest BCUT2D eigenvalue weighted by Gasteiger charge is -2.16. The number of nitrogens with zero attached hydrogens (tertiary/aromatic N) is 2. The highest BCUT2D eigenvalue weighted by atomic mass is 79.9. The van der Waals surface area contributed by atoms with Crippen LogP contribution < -0.4 is 10.3 Å². The van der Waals surface area contributed by atoms with E-state index < -0.39 is 17.2 Å². The molecule has 0 bridgehead atoms. The van der Waals surface area contributed by atoms with Crippen molar-refractivity contribution in [2.75, 3.05) is 0 Å². The molecule has 0 aliphatic heterocycles. The Hall–Kier alpha value is -2.25. The Morgan fingerprint density at radius 2 is 1.96 bits per heavy atom. The molecule has 3 rings (SSSR count). The summed E-state index contributed by atoms with van der Waals surface area (Å²) in [5, 5.41) is -0.137. The van der Waals surface area contributed by atoms with Crippen molar-refractivity contribution in [2.45, 2.75) is 20.5 Å². The van der Waals surface area contributed by atoms with Crippen LogP contribution in [0.4, 0.5) is 8.78 Å². The molecule has 8 heteroatoms. The van der Waals surface area contributed by atoms with Gasteiger partial charge in [-0.05, 0) is 31.5 Å². The number of hydrogen-bond acceptors (Lipinski definition) is 3. The molecular formula is C19H14BrClF2N2O2. The Balaban J connectivity index is 1.98. The summed E-state index contributed by atoms with van der Waals surface area (Å²) in [6.45, 7) is 3.33. The molecule has 0 spiro atoms. The van der Waals surface area contributed by atoms with Gasteiger partial charge in [0.05, 0.1) is 11.9 Å². The molecule has 0 radical (unpaired) electrons. The van der Waals surface area contributed by atoms with Gasteiger partial charge >= 0.3 is 0 Å². The predicted octanol–water partition coefficient (Wildman–Crippen LogP) is 5.12. The number of hydrogen-bond donors (Lipinski definition) is 0. The molecule has 0 fully saturated rings. The first kappa shape index (κ1) is 19.5. The molecule has 3 aromatic rings. The first-order valence-corrected chi connectivity index (χ1v) is 9.06. The second kappa shape index (κ2) is 7.78. The van der Waals surface area contributed by atoms with Crippen LogP contribution >= 0.6 is 27.5 Å². The van der Waals surface area contributed by atoms with Crippen molar-refractivity contribution in [3.8, 4) is 11.4 Å². The number of ether oxygens (including phenoxy) is 1. The molecule has 2 heterocycles. The lowest BCUT2D eigenvalue weighted by atomic mass is 10.2. The summed E-state index contributed by atoms with van der Waals surface area (Å²) in [6.07, 6.45) is 0.892. The smallest absolute Gasteiger partial charge is 0.277 e. The largest absolute Gasteiger partial charge is 0.485 e. The molecule has 2 aromatic heterocycles. The summed E-state index contributed by atoms with van der Waals surface area (Å²) >= 11 is 9.60. The second-order valence-corrected chi connectivity index (χ2v) is 7.20. The van der Waals surface area contributed by atoms with Crippen LogP contribution in [-0.2, 0) is 6.61 Å². The molecule has 0 saturated heterocycles. The first-order valence-electron chi connectivity index (χ1n) is 7.89. The fourth-order valence-electron chi connectivity index (χ4n) is 2.60. The molecule has 0 aliphatic carbocycles. The van der Waals surface area contributed by atoms with Gasteiger partial charge in [0.1, 0.15) is 28.9 Å². The molecule has 27 heavy (non-hydrogen) atoms. The first-order chi connectivity index (χ1) is 12.8. The monoisotopic (exact) mass is 454 g/mol. The standard InChI is InChI=1S/C19H14BrClF2N2O2/c1-10-3-4-12(20)6-16(10)25-11(2)5-17(18(21)19(25)26)27-9-15-14(23)7-13(22)8-24-15/h3-8H,9H2,1-2H3. The quantitative estimate of drug-likeness (QED) is 0.548. The molecule has 4 nitrogen and oxygen atoms in total. The zero-order chi connectivity index (χ0) is 19.7. The highest BCUT2D eigenvalue weighted by molar-refractivity contribution is 9.10. The molecule has 0 atom stereocenters. The van der Waals surface area contributed by atoms with Gasteiger partial charge in [0.15, 0.2) is 5.82 Å². The number of aryl methyl sites for hydroxylation is 2. The number of rotatable bonds is 4. The van der Waals surface area contributed by atoms with Gasteiger partial charge in [0, 0.05) is 22.3 Å². The number of aromatic nitrogens is 2. The topological polar surface area (TPSA) is 44.1 Å². The lowest BCUT2D eigenvalue weighted by Crippen LogP contribution is -2.22. The maximum Gasteiger partial charge on any atom is 0.277 e. The van der Waals surface area contributed by atoms with E-state index in [4.69, 9.17) is 16.3 Å². The average molecular weight is 456 g/mol. The number of halogens is 4. The summed E-state index contributed by atoms with van der Waals surface area (Å²) in [7, 11) is 0. The number of pyridine rings is 2. The van der Waals surface area contributed by atoms with Crippen molar-refractivity contribution in [3.05, 3.63) is 85.0 Å². The van der Waals surface area contributed by atoms with E-state index >= 15 is 0 Å². The number of benzene rings is 1. The van der Waals surface area contributed by atoms with Crippen LogP contribution in [0.25, 0.3) is 5.69 Å². The van der Waals surface area contributed by atoms with Crippen LogP contribution in [0.5, 0.6) is 5.75 Å². The van der Waals surface area contributed by atoms with Crippen LogP contribution in [-0.4, -0.2) is 9.55 Å². The molecule has 0 N–H and O–H groups in total. The Labute approximate surface area is 167 Å². The minimum atomic E-state index is -0.832.